The van der Waals surface area contributed by atoms with Crippen LogP contribution in [0, 0.1) is 5.92 Å². The average Bonchev–Trinajstić information content (AvgIpc) is 3.04. The van der Waals surface area contributed by atoms with E-state index in [2.05, 4.69) is 33.5 Å². The van der Waals surface area contributed by atoms with Gasteiger partial charge in [0, 0.05) is 34.7 Å². The van der Waals surface area contributed by atoms with Gasteiger partial charge in [-0.15, -0.1) is 0 Å². The van der Waals surface area contributed by atoms with E-state index < -0.39 is 0 Å². The van der Waals surface area contributed by atoms with Crippen LogP contribution in [0.3, 0.4) is 0 Å². The SMILES string of the molecule is CC(C)C(=O)Nc1ccc2[nH]cc(C3CCN4CCCCC4C3)c2c1. The lowest BCUT2D eigenvalue weighted by atomic mass is 9.82. The molecule has 2 atom stereocenters. The predicted molar refractivity (Wildman–Crippen MR) is 103 cm³/mol. The first-order chi connectivity index (χ1) is 12.1. The maximum absolute atomic E-state index is 12.0. The van der Waals surface area contributed by atoms with E-state index >= 15 is 0 Å². The summed E-state index contributed by atoms with van der Waals surface area (Å²) in [6.07, 6.45) is 8.82. The zero-order chi connectivity index (χ0) is 17.4. The molecule has 134 valence electrons. The molecule has 2 aliphatic rings. The van der Waals surface area contributed by atoms with Gasteiger partial charge in [-0.3, -0.25) is 4.79 Å². The number of hydrogen-bond acceptors (Lipinski definition) is 2. The minimum atomic E-state index is -0.00276. The summed E-state index contributed by atoms with van der Waals surface area (Å²) in [6, 6.07) is 6.99. The number of benzene rings is 1. The number of aromatic nitrogens is 1. The standard InChI is InChI=1S/C21H29N3O/c1-14(2)21(25)23-16-6-7-20-18(12-16)19(13-22-20)15-8-10-24-9-4-3-5-17(24)11-15/h6-7,12-15,17,22H,3-5,8-11H2,1-2H3,(H,23,25). The molecule has 0 saturated carbocycles. The van der Waals surface area contributed by atoms with E-state index in [9.17, 15) is 4.79 Å². The first kappa shape index (κ1) is 16.6. The molecule has 2 aromatic rings. The Morgan fingerprint density at radius 3 is 2.96 bits per heavy atom. The highest BCUT2D eigenvalue weighted by Crippen LogP contribution is 2.38. The van der Waals surface area contributed by atoms with Crippen molar-refractivity contribution in [1.29, 1.82) is 0 Å². The van der Waals surface area contributed by atoms with Gasteiger partial charge < -0.3 is 15.2 Å². The van der Waals surface area contributed by atoms with E-state index in [-0.39, 0.29) is 11.8 Å². The van der Waals surface area contributed by atoms with Crippen molar-refractivity contribution in [1.82, 2.24) is 9.88 Å². The van der Waals surface area contributed by atoms with Crippen molar-refractivity contribution in [3.63, 3.8) is 0 Å². The smallest absolute Gasteiger partial charge is 0.226 e. The van der Waals surface area contributed by atoms with E-state index in [4.69, 9.17) is 0 Å². The van der Waals surface area contributed by atoms with Crippen molar-refractivity contribution < 1.29 is 4.79 Å². The molecule has 2 N–H and O–H groups in total. The number of aromatic amines is 1. The lowest BCUT2D eigenvalue weighted by molar-refractivity contribution is -0.118. The zero-order valence-electron chi connectivity index (χ0n) is 15.3. The Morgan fingerprint density at radius 1 is 1.24 bits per heavy atom. The molecule has 1 amide bonds. The number of nitrogens with zero attached hydrogens (tertiary/aromatic N) is 1. The fraction of sp³-hybridized carbons (Fsp3) is 0.571. The number of piperidine rings is 2. The van der Waals surface area contributed by atoms with Gasteiger partial charge in [-0.05, 0) is 68.5 Å². The Hall–Kier alpha value is -1.81. The molecule has 0 spiro atoms. The zero-order valence-corrected chi connectivity index (χ0v) is 15.3. The van der Waals surface area contributed by atoms with Gasteiger partial charge in [0.05, 0.1) is 0 Å². The third-order valence-corrected chi connectivity index (χ3v) is 6.02. The monoisotopic (exact) mass is 339 g/mol. The number of carbonyl (C=O) groups excluding carboxylic acids is 1. The maximum atomic E-state index is 12.0. The molecule has 2 fully saturated rings. The first-order valence-electron chi connectivity index (χ1n) is 9.78. The number of hydrogen-bond donors (Lipinski definition) is 2. The van der Waals surface area contributed by atoms with Gasteiger partial charge in [-0.2, -0.15) is 0 Å². The molecule has 2 unspecified atom stereocenters. The maximum Gasteiger partial charge on any atom is 0.226 e. The summed E-state index contributed by atoms with van der Waals surface area (Å²) in [4.78, 5) is 18.1. The number of anilines is 1. The molecule has 0 bridgehead atoms. The van der Waals surface area contributed by atoms with E-state index in [0.29, 0.717) is 5.92 Å². The molecular formula is C21H29N3O. The highest BCUT2D eigenvalue weighted by Gasteiger charge is 2.31. The molecule has 1 aromatic heterocycles. The van der Waals surface area contributed by atoms with E-state index in [1.54, 1.807) is 0 Å². The number of H-pyrrole nitrogens is 1. The minimum absolute atomic E-state index is 0.00276. The van der Waals surface area contributed by atoms with Crippen LogP contribution in [0.5, 0.6) is 0 Å². The Morgan fingerprint density at radius 2 is 2.12 bits per heavy atom. The Balaban J connectivity index is 1.58. The fourth-order valence-electron chi connectivity index (χ4n) is 4.52. The van der Waals surface area contributed by atoms with Crippen LogP contribution in [-0.2, 0) is 4.79 Å². The molecule has 1 aromatic carbocycles. The van der Waals surface area contributed by atoms with Crippen molar-refractivity contribution in [2.45, 2.75) is 57.9 Å². The summed E-state index contributed by atoms with van der Waals surface area (Å²) in [6.45, 7) is 6.36. The Kier molecular flexibility index (Phi) is 4.55. The summed E-state index contributed by atoms with van der Waals surface area (Å²) in [5.74, 6) is 0.702. The summed E-state index contributed by atoms with van der Waals surface area (Å²) in [7, 11) is 0. The number of fused-ring (bicyclic) bond motifs is 2. The predicted octanol–water partition coefficient (Wildman–Crippen LogP) is 4.49. The molecule has 25 heavy (non-hydrogen) atoms. The highest BCUT2D eigenvalue weighted by molar-refractivity contribution is 5.95. The van der Waals surface area contributed by atoms with Crippen molar-refractivity contribution in [2.24, 2.45) is 5.92 Å². The van der Waals surface area contributed by atoms with Crippen LogP contribution in [0.25, 0.3) is 10.9 Å². The van der Waals surface area contributed by atoms with Gasteiger partial charge >= 0.3 is 0 Å². The van der Waals surface area contributed by atoms with Crippen LogP contribution in [0.15, 0.2) is 24.4 Å². The summed E-state index contributed by atoms with van der Waals surface area (Å²) in [5.41, 5.74) is 3.51. The highest BCUT2D eigenvalue weighted by atomic mass is 16.1. The topological polar surface area (TPSA) is 48.1 Å². The van der Waals surface area contributed by atoms with Gasteiger partial charge in [0.25, 0.3) is 0 Å². The second kappa shape index (κ2) is 6.83. The van der Waals surface area contributed by atoms with E-state index in [1.807, 2.05) is 19.9 Å². The van der Waals surface area contributed by atoms with Crippen molar-refractivity contribution in [3.05, 3.63) is 30.0 Å². The van der Waals surface area contributed by atoms with Gasteiger partial charge in [-0.25, -0.2) is 0 Å². The molecule has 4 heteroatoms. The fourth-order valence-corrected chi connectivity index (χ4v) is 4.52. The Labute approximate surface area is 150 Å². The molecule has 0 radical (unpaired) electrons. The third kappa shape index (κ3) is 3.32. The lowest BCUT2D eigenvalue weighted by Crippen LogP contribution is -2.44. The van der Waals surface area contributed by atoms with Crippen LogP contribution < -0.4 is 5.32 Å². The van der Waals surface area contributed by atoms with Gasteiger partial charge in [0.1, 0.15) is 0 Å². The molecule has 4 rings (SSSR count). The molecule has 2 aliphatic heterocycles. The third-order valence-electron chi connectivity index (χ3n) is 6.02. The van der Waals surface area contributed by atoms with Gasteiger partial charge in [0.15, 0.2) is 0 Å². The van der Waals surface area contributed by atoms with Crippen LogP contribution in [-0.4, -0.2) is 34.9 Å². The van der Waals surface area contributed by atoms with Crippen molar-refractivity contribution in [2.75, 3.05) is 18.4 Å². The van der Waals surface area contributed by atoms with Crippen molar-refractivity contribution >= 4 is 22.5 Å². The number of carbonyl (C=O) groups is 1. The second-order valence-electron chi connectivity index (χ2n) is 8.06. The van der Waals surface area contributed by atoms with E-state index in [0.717, 1.165) is 11.7 Å². The number of nitrogens with one attached hydrogen (secondary N) is 2. The molecule has 4 nitrogen and oxygen atoms in total. The van der Waals surface area contributed by atoms with Crippen LogP contribution in [0.4, 0.5) is 5.69 Å². The van der Waals surface area contributed by atoms with E-state index in [1.165, 1.54) is 61.7 Å². The average molecular weight is 339 g/mol. The number of amides is 1. The van der Waals surface area contributed by atoms with Crippen molar-refractivity contribution in [3.8, 4) is 0 Å². The second-order valence-corrected chi connectivity index (χ2v) is 8.06. The molecule has 3 heterocycles. The quantitative estimate of drug-likeness (QED) is 0.865. The minimum Gasteiger partial charge on any atom is -0.361 e. The van der Waals surface area contributed by atoms with Crippen LogP contribution in [0.2, 0.25) is 0 Å². The molecular weight excluding hydrogens is 310 g/mol. The van der Waals surface area contributed by atoms with Gasteiger partial charge in [0.2, 0.25) is 5.91 Å². The largest absolute Gasteiger partial charge is 0.361 e. The summed E-state index contributed by atoms with van der Waals surface area (Å²) in [5, 5.41) is 4.31. The summed E-state index contributed by atoms with van der Waals surface area (Å²) < 4.78 is 0. The van der Waals surface area contributed by atoms with Crippen LogP contribution >= 0.6 is 0 Å². The molecule has 0 aliphatic carbocycles. The first-order valence-corrected chi connectivity index (χ1v) is 9.78. The molecule has 2 saturated heterocycles. The van der Waals surface area contributed by atoms with Crippen LogP contribution in [0.1, 0.15) is 57.4 Å². The summed E-state index contributed by atoms with van der Waals surface area (Å²) >= 11 is 0. The lowest BCUT2D eigenvalue weighted by Gasteiger charge is -2.42. The Bertz CT molecular complexity index is 764. The normalized spacial score (nSPS) is 24.4. The number of rotatable bonds is 3. The van der Waals surface area contributed by atoms with Gasteiger partial charge in [-0.1, -0.05) is 20.3 Å².